The van der Waals surface area contributed by atoms with Crippen LogP contribution in [0.4, 0.5) is 5.69 Å². The van der Waals surface area contributed by atoms with Crippen LogP contribution in [0.3, 0.4) is 0 Å². The van der Waals surface area contributed by atoms with Crippen molar-refractivity contribution in [2.75, 3.05) is 5.32 Å². The molecule has 0 saturated carbocycles. The first-order valence-electron chi connectivity index (χ1n) is 7.77. The van der Waals surface area contributed by atoms with E-state index in [1.165, 1.54) is 6.07 Å². The van der Waals surface area contributed by atoms with Crippen molar-refractivity contribution in [1.82, 2.24) is 0 Å². The van der Waals surface area contributed by atoms with Crippen LogP contribution in [0.15, 0.2) is 59.0 Å². The van der Waals surface area contributed by atoms with Crippen molar-refractivity contribution in [2.24, 2.45) is 0 Å². The molecule has 25 heavy (non-hydrogen) atoms. The minimum absolute atomic E-state index is 0.122. The van der Waals surface area contributed by atoms with Crippen LogP contribution in [0.2, 0.25) is 0 Å². The Balaban J connectivity index is 1.90. The lowest BCUT2D eigenvalue weighted by Crippen LogP contribution is -2.13. The second-order valence-corrected chi connectivity index (χ2v) is 5.77. The molecule has 5 heteroatoms. The van der Waals surface area contributed by atoms with Gasteiger partial charge in [-0.15, -0.1) is 0 Å². The average molecular weight is 335 g/mol. The molecule has 0 spiro atoms. The third-order valence-corrected chi connectivity index (χ3v) is 3.94. The fourth-order valence-electron chi connectivity index (χ4n) is 2.62. The molecule has 1 heterocycles. The monoisotopic (exact) mass is 335 g/mol. The molecule has 0 aliphatic heterocycles. The van der Waals surface area contributed by atoms with Gasteiger partial charge in [-0.1, -0.05) is 29.8 Å². The number of aromatic carboxylic acids is 1. The van der Waals surface area contributed by atoms with Crippen LogP contribution in [0.25, 0.3) is 11.3 Å². The molecule has 0 aliphatic rings. The molecule has 0 atom stereocenters. The van der Waals surface area contributed by atoms with E-state index in [9.17, 15) is 9.59 Å². The van der Waals surface area contributed by atoms with E-state index in [1.54, 1.807) is 24.3 Å². The van der Waals surface area contributed by atoms with E-state index in [-0.39, 0.29) is 11.7 Å². The number of nitrogens with one attached hydrogen (secondary N) is 1. The molecule has 1 aromatic heterocycles. The highest BCUT2D eigenvalue weighted by molar-refractivity contribution is 6.05. The molecule has 0 unspecified atom stereocenters. The van der Waals surface area contributed by atoms with Gasteiger partial charge in [0.05, 0.1) is 0 Å². The fourth-order valence-corrected chi connectivity index (χ4v) is 2.62. The third kappa shape index (κ3) is 3.45. The van der Waals surface area contributed by atoms with Crippen LogP contribution < -0.4 is 5.32 Å². The highest BCUT2D eigenvalue weighted by atomic mass is 16.4. The van der Waals surface area contributed by atoms with Gasteiger partial charge in [-0.3, -0.25) is 4.79 Å². The van der Waals surface area contributed by atoms with Crippen LogP contribution in [0, 0.1) is 13.8 Å². The Hall–Kier alpha value is -3.34. The van der Waals surface area contributed by atoms with Gasteiger partial charge in [0.25, 0.3) is 5.91 Å². The summed E-state index contributed by atoms with van der Waals surface area (Å²) >= 11 is 0. The van der Waals surface area contributed by atoms with E-state index < -0.39 is 5.97 Å². The highest BCUT2D eigenvalue weighted by Gasteiger charge is 2.15. The summed E-state index contributed by atoms with van der Waals surface area (Å²) in [6.45, 7) is 3.78. The quantitative estimate of drug-likeness (QED) is 0.735. The number of anilines is 1. The zero-order valence-corrected chi connectivity index (χ0v) is 13.9. The van der Waals surface area contributed by atoms with Gasteiger partial charge < -0.3 is 14.8 Å². The summed E-state index contributed by atoms with van der Waals surface area (Å²) in [5.41, 5.74) is 3.77. The summed E-state index contributed by atoms with van der Waals surface area (Å²) < 4.78 is 5.36. The number of rotatable bonds is 4. The summed E-state index contributed by atoms with van der Waals surface area (Å²) in [6.07, 6.45) is 0. The van der Waals surface area contributed by atoms with Crippen LogP contribution in [-0.2, 0) is 0 Å². The first-order valence-corrected chi connectivity index (χ1v) is 7.77. The molecule has 0 aliphatic carbocycles. The Morgan fingerprint density at radius 2 is 1.76 bits per heavy atom. The molecule has 5 nitrogen and oxygen atoms in total. The van der Waals surface area contributed by atoms with E-state index in [0.717, 1.165) is 16.7 Å². The number of carbonyl (C=O) groups excluding carboxylic acids is 1. The molecule has 2 N–H and O–H groups in total. The Bertz CT molecular complexity index is 956. The van der Waals surface area contributed by atoms with Crippen molar-refractivity contribution in [2.45, 2.75) is 13.8 Å². The molecule has 0 radical (unpaired) electrons. The molecular weight excluding hydrogens is 318 g/mol. The number of carboxylic acids is 1. The normalized spacial score (nSPS) is 10.5. The Labute approximate surface area is 144 Å². The fraction of sp³-hybridized carbons (Fsp3) is 0.100. The summed E-state index contributed by atoms with van der Waals surface area (Å²) in [5.74, 6) is -0.993. The zero-order valence-electron chi connectivity index (χ0n) is 13.9. The Morgan fingerprint density at radius 1 is 1.00 bits per heavy atom. The zero-order chi connectivity index (χ0) is 18.0. The van der Waals surface area contributed by atoms with E-state index in [0.29, 0.717) is 17.0 Å². The van der Waals surface area contributed by atoms with Crippen LogP contribution in [0.5, 0.6) is 0 Å². The minimum atomic E-state index is -1.12. The van der Waals surface area contributed by atoms with Gasteiger partial charge in [0.1, 0.15) is 5.76 Å². The molecule has 0 bridgehead atoms. The first kappa shape index (κ1) is 16.5. The van der Waals surface area contributed by atoms with Crippen molar-refractivity contribution >= 4 is 17.6 Å². The van der Waals surface area contributed by atoms with E-state index in [1.807, 2.05) is 38.1 Å². The van der Waals surface area contributed by atoms with Crippen LogP contribution >= 0.6 is 0 Å². The molecule has 1 amide bonds. The van der Waals surface area contributed by atoms with Crippen molar-refractivity contribution in [1.29, 1.82) is 0 Å². The summed E-state index contributed by atoms with van der Waals surface area (Å²) in [5, 5.41) is 11.9. The van der Waals surface area contributed by atoms with Gasteiger partial charge in [-0.25, -0.2) is 4.79 Å². The van der Waals surface area contributed by atoms with E-state index in [4.69, 9.17) is 9.52 Å². The number of benzene rings is 2. The lowest BCUT2D eigenvalue weighted by Gasteiger charge is -2.11. The maximum atomic E-state index is 12.4. The number of aryl methyl sites for hydroxylation is 1. The number of hydrogen-bond acceptors (Lipinski definition) is 3. The highest BCUT2D eigenvalue weighted by Crippen LogP contribution is 2.30. The number of hydrogen-bond donors (Lipinski definition) is 2. The van der Waals surface area contributed by atoms with Gasteiger partial charge in [0.15, 0.2) is 0 Å². The molecule has 3 rings (SSSR count). The second-order valence-electron chi connectivity index (χ2n) is 5.77. The topological polar surface area (TPSA) is 79.5 Å². The van der Waals surface area contributed by atoms with Crippen molar-refractivity contribution in [3.05, 3.63) is 77.0 Å². The molecule has 126 valence electrons. The van der Waals surface area contributed by atoms with E-state index >= 15 is 0 Å². The van der Waals surface area contributed by atoms with Crippen LogP contribution in [-0.4, -0.2) is 17.0 Å². The third-order valence-electron chi connectivity index (χ3n) is 3.94. The lowest BCUT2D eigenvalue weighted by molar-refractivity contribution is 0.0663. The minimum Gasteiger partial charge on any atom is -0.475 e. The smallest absolute Gasteiger partial charge is 0.371 e. The van der Waals surface area contributed by atoms with Crippen molar-refractivity contribution < 1.29 is 19.1 Å². The summed E-state index contributed by atoms with van der Waals surface area (Å²) in [6, 6.07) is 15.8. The number of amides is 1. The lowest BCUT2D eigenvalue weighted by atomic mass is 10.0. The van der Waals surface area contributed by atoms with Gasteiger partial charge in [-0.2, -0.15) is 0 Å². The van der Waals surface area contributed by atoms with E-state index in [2.05, 4.69) is 5.32 Å². The largest absolute Gasteiger partial charge is 0.475 e. The first-order chi connectivity index (χ1) is 12.0. The standard InChI is InChI=1S/C20H17NO4/c1-12-5-3-6-14(11-12)19(22)21-16-8-4-7-15(13(16)2)17-9-10-18(25-17)20(23)24/h3-11H,1-2H3,(H,21,22)(H,23,24). The van der Waals surface area contributed by atoms with Crippen molar-refractivity contribution in [3.63, 3.8) is 0 Å². The molecule has 0 fully saturated rings. The Kier molecular flexibility index (Phi) is 4.39. The summed E-state index contributed by atoms with van der Waals surface area (Å²) in [7, 11) is 0. The number of carbonyl (C=O) groups is 2. The maximum absolute atomic E-state index is 12.4. The van der Waals surface area contributed by atoms with Crippen molar-refractivity contribution in [3.8, 4) is 11.3 Å². The molecule has 3 aromatic rings. The van der Waals surface area contributed by atoms with Gasteiger partial charge in [0.2, 0.25) is 5.76 Å². The Morgan fingerprint density at radius 3 is 2.44 bits per heavy atom. The average Bonchev–Trinajstić information content (AvgIpc) is 3.07. The molecule has 2 aromatic carbocycles. The van der Waals surface area contributed by atoms with Crippen LogP contribution in [0.1, 0.15) is 32.0 Å². The molecule has 0 saturated heterocycles. The predicted octanol–water partition coefficient (Wildman–Crippen LogP) is 4.51. The predicted molar refractivity (Wildman–Crippen MR) is 95.0 cm³/mol. The molecular formula is C20H17NO4. The number of carboxylic acid groups (broad SMARTS) is 1. The summed E-state index contributed by atoms with van der Waals surface area (Å²) in [4.78, 5) is 23.4. The second kappa shape index (κ2) is 6.65. The van der Waals surface area contributed by atoms with Gasteiger partial charge in [-0.05, 0) is 49.7 Å². The van der Waals surface area contributed by atoms with Gasteiger partial charge >= 0.3 is 5.97 Å². The van der Waals surface area contributed by atoms with Gasteiger partial charge in [0, 0.05) is 16.8 Å². The maximum Gasteiger partial charge on any atom is 0.371 e. The SMILES string of the molecule is Cc1cccc(C(=O)Nc2cccc(-c3ccc(C(=O)O)o3)c2C)c1. The number of furan rings is 1.